The summed E-state index contributed by atoms with van der Waals surface area (Å²) in [7, 11) is 1.95. The van der Waals surface area contributed by atoms with E-state index in [9.17, 15) is 13.2 Å². The molecule has 1 saturated carbocycles. The molecule has 1 unspecified atom stereocenters. The van der Waals surface area contributed by atoms with Crippen molar-refractivity contribution in [3.05, 3.63) is 29.8 Å². The minimum absolute atomic E-state index is 0.164. The lowest BCUT2D eigenvalue weighted by atomic mass is 9.94. The maximum atomic E-state index is 12.1. The van der Waals surface area contributed by atoms with Crippen molar-refractivity contribution < 1.29 is 17.9 Å². The average Bonchev–Trinajstić information content (AvgIpc) is 2.91. The standard InChI is InChI=1S/C16H22F3NO/c1-20-14(10-12-4-2-3-5-12)11-13-6-8-15(9-7-13)21-16(17,18)19/h6-9,12,14,20H,2-5,10-11H2,1H3. The Kier molecular flexibility index (Phi) is 5.51. The number of rotatable bonds is 6. The molecule has 2 nitrogen and oxygen atoms in total. The lowest BCUT2D eigenvalue weighted by Gasteiger charge is -2.20. The first-order chi connectivity index (χ1) is 9.96. The minimum Gasteiger partial charge on any atom is -0.406 e. The van der Waals surface area contributed by atoms with Crippen LogP contribution in [0.1, 0.15) is 37.7 Å². The van der Waals surface area contributed by atoms with Crippen molar-refractivity contribution >= 4 is 0 Å². The molecule has 1 N–H and O–H groups in total. The molecule has 0 aromatic heterocycles. The quantitative estimate of drug-likeness (QED) is 0.846. The van der Waals surface area contributed by atoms with E-state index in [-0.39, 0.29) is 5.75 Å². The lowest BCUT2D eigenvalue weighted by molar-refractivity contribution is -0.274. The summed E-state index contributed by atoms with van der Waals surface area (Å²) in [5.74, 6) is 0.623. The van der Waals surface area contributed by atoms with Crippen LogP contribution in [0.2, 0.25) is 0 Å². The van der Waals surface area contributed by atoms with E-state index >= 15 is 0 Å². The fourth-order valence-electron chi connectivity index (χ4n) is 3.06. The van der Waals surface area contributed by atoms with Gasteiger partial charge in [0, 0.05) is 6.04 Å². The van der Waals surface area contributed by atoms with Crippen molar-refractivity contribution in [2.45, 2.75) is 50.9 Å². The zero-order valence-corrected chi connectivity index (χ0v) is 12.2. The first-order valence-electron chi connectivity index (χ1n) is 7.48. The number of hydrogen-bond donors (Lipinski definition) is 1. The largest absolute Gasteiger partial charge is 0.573 e. The van der Waals surface area contributed by atoms with E-state index in [4.69, 9.17) is 0 Å². The van der Waals surface area contributed by atoms with Crippen LogP contribution in [-0.4, -0.2) is 19.5 Å². The first-order valence-corrected chi connectivity index (χ1v) is 7.48. The molecule has 0 bridgehead atoms. The van der Waals surface area contributed by atoms with Crippen LogP contribution in [0.5, 0.6) is 5.75 Å². The maximum absolute atomic E-state index is 12.1. The third-order valence-electron chi connectivity index (χ3n) is 4.14. The fourth-order valence-corrected chi connectivity index (χ4v) is 3.06. The Morgan fingerprint density at radius 2 is 1.81 bits per heavy atom. The summed E-state index contributed by atoms with van der Waals surface area (Å²) in [6.45, 7) is 0. The van der Waals surface area contributed by atoms with E-state index in [1.54, 1.807) is 12.1 Å². The molecule has 0 amide bonds. The number of hydrogen-bond acceptors (Lipinski definition) is 2. The molecule has 1 fully saturated rings. The molecular weight excluding hydrogens is 279 g/mol. The summed E-state index contributed by atoms with van der Waals surface area (Å²) in [6.07, 6.45) is 2.59. The topological polar surface area (TPSA) is 21.3 Å². The van der Waals surface area contributed by atoms with Gasteiger partial charge in [0.15, 0.2) is 0 Å². The van der Waals surface area contributed by atoms with Gasteiger partial charge in [-0.15, -0.1) is 13.2 Å². The summed E-state index contributed by atoms with van der Waals surface area (Å²) in [5.41, 5.74) is 1.03. The van der Waals surface area contributed by atoms with E-state index in [1.807, 2.05) is 7.05 Å². The van der Waals surface area contributed by atoms with Gasteiger partial charge < -0.3 is 10.1 Å². The van der Waals surface area contributed by atoms with Crippen LogP contribution >= 0.6 is 0 Å². The van der Waals surface area contributed by atoms with E-state index in [1.165, 1.54) is 37.8 Å². The number of likely N-dealkylation sites (N-methyl/N-ethyl adjacent to an activating group) is 1. The molecular formula is C16H22F3NO. The number of alkyl halides is 3. The Hall–Kier alpha value is -1.23. The van der Waals surface area contributed by atoms with Gasteiger partial charge in [-0.2, -0.15) is 0 Å². The molecule has 0 saturated heterocycles. The summed E-state index contributed by atoms with van der Waals surface area (Å²) in [6, 6.07) is 6.55. The Balaban J connectivity index is 1.88. The lowest BCUT2D eigenvalue weighted by Crippen LogP contribution is -2.29. The maximum Gasteiger partial charge on any atom is 0.573 e. The highest BCUT2D eigenvalue weighted by Gasteiger charge is 2.31. The van der Waals surface area contributed by atoms with Crippen LogP contribution in [0, 0.1) is 5.92 Å². The number of nitrogens with one attached hydrogen (secondary N) is 1. The molecule has 0 radical (unpaired) electrons. The highest BCUT2D eigenvalue weighted by atomic mass is 19.4. The fraction of sp³-hybridized carbons (Fsp3) is 0.625. The van der Waals surface area contributed by atoms with Crippen LogP contribution in [0.4, 0.5) is 13.2 Å². The normalized spacial score (nSPS) is 17.9. The van der Waals surface area contributed by atoms with Gasteiger partial charge in [0.2, 0.25) is 0 Å². The third-order valence-corrected chi connectivity index (χ3v) is 4.14. The summed E-state index contributed by atoms with van der Waals surface area (Å²) >= 11 is 0. The zero-order valence-electron chi connectivity index (χ0n) is 12.2. The van der Waals surface area contributed by atoms with Gasteiger partial charge in [-0.05, 0) is 43.5 Å². The minimum atomic E-state index is -4.63. The molecule has 1 aliphatic carbocycles. The highest BCUT2D eigenvalue weighted by Crippen LogP contribution is 2.29. The van der Waals surface area contributed by atoms with E-state index in [0.717, 1.165) is 24.3 Å². The van der Waals surface area contributed by atoms with Crippen molar-refractivity contribution in [1.82, 2.24) is 5.32 Å². The van der Waals surface area contributed by atoms with Crippen LogP contribution in [0.3, 0.4) is 0 Å². The molecule has 0 heterocycles. The SMILES string of the molecule is CNC(Cc1ccc(OC(F)(F)F)cc1)CC1CCCC1. The van der Waals surface area contributed by atoms with Gasteiger partial charge in [-0.25, -0.2) is 0 Å². The molecule has 1 atom stereocenters. The predicted molar refractivity (Wildman–Crippen MR) is 76.3 cm³/mol. The molecule has 1 aromatic carbocycles. The van der Waals surface area contributed by atoms with E-state index < -0.39 is 6.36 Å². The molecule has 1 aliphatic rings. The smallest absolute Gasteiger partial charge is 0.406 e. The monoisotopic (exact) mass is 301 g/mol. The van der Waals surface area contributed by atoms with Gasteiger partial charge in [0.05, 0.1) is 0 Å². The Bertz CT molecular complexity index is 424. The van der Waals surface area contributed by atoms with Gasteiger partial charge in [-0.3, -0.25) is 0 Å². The number of halogens is 3. The van der Waals surface area contributed by atoms with Crippen LogP contribution in [0.25, 0.3) is 0 Å². The second-order valence-electron chi connectivity index (χ2n) is 5.77. The Morgan fingerprint density at radius 1 is 1.19 bits per heavy atom. The second-order valence-corrected chi connectivity index (χ2v) is 5.77. The summed E-state index contributed by atoms with van der Waals surface area (Å²) in [4.78, 5) is 0. The number of ether oxygens (including phenoxy) is 1. The van der Waals surface area contributed by atoms with Crippen LogP contribution in [-0.2, 0) is 6.42 Å². The van der Waals surface area contributed by atoms with Gasteiger partial charge >= 0.3 is 6.36 Å². The molecule has 5 heteroatoms. The third kappa shape index (κ3) is 5.58. The molecule has 2 rings (SSSR count). The van der Waals surface area contributed by atoms with Gasteiger partial charge in [0.25, 0.3) is 0 Å². The van der Waals surface area contributed by atoms with Gasteiger partial charge in [-0.1, -0.05) is 37.8 Å². The molecule has 118 valence electrons. The molecule has 1 aromatic rings. The zero-order chi connectivity index (χ0) is 15.3. The predicted octanol–water partition coefficient (Wildman–Crippen LogP) is 4.30. The summed E-state index contributed by atoms with van der Waals surface area (Å²) < 4.78 is 40.2. The highest BCUT2D eigenvalue weighted by molar-refractivity contribution is 5.28. The van der Waals surface area contributed by atoms with Crippen molar-refractivity contribution in [2.24, 2.45) is 5.92 Å². The number of benzene rings is 1. The summed E-state index contributed by atoms with van der Waals surface area (Å²) in [5, 5.41) is 3.32. The van der Waals surface area contributed by atoms with Crippen molar-refractivity contribution in [2.75, 3.05) is 7.05 Å². The second kappa shape index (κ2) is 7.16. The van der Waals surface area contributed by atoms with Crippen molar-refractivity contribution in [3.8, 4) is 5.75 Å². The Morgan fingerprint density at radius 3 is 2.33 bits per heavy atom. The first kappa shape index (κ1) is 16.1. The molecule has 21 heavy (non-hydrogen) atoms. The molecule has 0 aliphatic heterocycles. The van der Waals surface area contributed by atoms with Crippen LogP contribution < -0.4 is 10.1 Å². The van der Waals surface area contributed by atoms with Crippen molar-refractivity contribution in [3.63, 3.8) is 0 Å². The van der Waals surface area contributed by atoms with E-state index in [2.05, 4.69) is 10.1 Å². The van der Waals surface area contributed by atoms with Gasteiger partial charge in [0.1, 0.15) is 5.75 Å². The van der Waals surface area contributed by atoms with Crippen molar-refractivity contribution in [1.29, 1.82) is 0 Å². The Labute approximate surface area is 123 Å². The van der Waals surface area contributed by atoms with E-state index in [0.29, 0.717) is 6.04 Å². The van der Waals surface area contributed by atoms with Crippen LogP contribution in [0.15, 0.2) is 24.3 Å². The molecule has 0 spiro atoms. The average molecular weight is 301 g/mol.